The zero-order valence-corrected chi connectivity index (χ0v) is 16.0. The Morgan fingerprint density at radius 1 is 1.14 bits per heavy atom. The van der Waals surface area contributed by atoms with Gasteiger partial charge in [0, 0.05) is 12.6 Å². The molecule has 0 aromatic heterocycles. The van der Waals surface area contributed by atoms with Crippen molar-refractivity contribution >= 4 is 29.9 Å². The lowest BCUT2D eigenvalue weighted by molar-refractivity contribution is -0.118. The molecule has 2 aromatic rings. The molecule has 0 radical (unpaired) electrons. The molecule has 1 fully saturated rings. The number of nitrogens with one attached hydrogen (secondary N) is 2. The van der Waals surface area contributed by atoms with Crippen molar-refractivity contribution in [3.05, 3.63) is 59.9 Å². The third-order valence-corrected chi connectivity index (χ3v) is 4.36. The smallest absolute Gasteiger partial charge is 0.262 e. The lowest BCUT2D eigenvalue weighted by Gasteiger charge is -2.14. The first-order valence-corrected chi connectivity index (χ1v) is 8.84. The second-order valence-corrected chi connectivity index (χ2v) is 6.52. The van der Waals surface area contributed by atoms with E-state index in [1.54, 1.807) is 30.3 Å². The van der Waals surface area contributed by atoms with E-state index in [2.05, 4.69) is 10.6 Å². The monoisotopic (exact) mass is 407 g/mol. The fourth-order valence-corrected chi connectivity index (χ4v) is 2.67. The van der Waals surface area contributed by atoms with E-state index in [0.717, 1.165) is 12.8 Å². The molecule has 1 aliphatic carbocycles. The molecule has 2 aromatic carbocycles. The number of carbonyl (C=O) groups is 2. The molecule has 1 atom stereocenters. The van der Waals surface area contributed by atoms with Gasteiger partial charge in [-0.25, -0.2) is 4.39 Å². The average molecular weight is 408 g/mol. The second-order valence-electron chi connectivity index (χ2n) is 6.52. The number of benzene rings is 2. The van der Waals surface area contributed by atoms with Crippen molar-refractivity contribution in [3.63, 3.8) is 0 Å². The van der Waals surface area contributed by atoms with Crippen LogP contribution in [0.4, 0.5) is 10.1 Å². The molecule has 4 N–H and O–H groups in total. The highest BCUT2D eigenvalue weighted by molar-refractivity contribution is 5.97. The van der Waals surface area contributed by atoms with Crippen LogP contribution in [0.5, 0.6) is 5.75 Å². The number of carbonyl (C=O) groups excluding carboxylic acids is 2. The Hall–Kier alpha value is -2.64. The van der Waals surface area contributed by atoms with Crippen molar-refractivity contribution in [2.45, 2.75) is 18.9 Å². The standard InChI is InChI=1S/C20H22FN3O3.ClH/c21-15-6-2-3-7-17(15)24-19(25)12-27-18-8-4-1-5-14(18)20(26)23-11-16(22)13-9-10-13;/h1-8,13,16H,9-12,22H2,(H,23,26)(H,24,25);1H. The molecular weight excluding hydrogens is 385 g/mol. The summed E-state index contributed by atoms with van der Waals surface area (Å²) in [6.45, 7) is 0.0474. The Morgan fingerprint density at radius 2 is 1.82 bits per heavy atom. The molecule has 0 spiro atoms. The Morgan fingerprint density at radius 3 is 2.54 bits per heavy atom. The van der Waals surface area contributed by atoms with E-state index in [-0.39, 0.29) is 42.4 Å². The summed E-state index contributed by atoms with van der Waals surface area (Å²) in [7, 11) is 0. The molecule has 1 aliphatic rings. The topological polar surface area (TPSA) is 93.4 Å². The van der Waals surface area contributed by atoms with Gasteiger partial charge in [-0.2, -0.15) is 0 Å². The molecule has 2 amide bonds. The third kappa shape index (κ3) is 5.94. The molecule has 6 nitrogen and oxygen atoms in total. The second kappa shape index (κ2) is 10.1. The predicted octanol–water partition coefficient (Wildman–Crippen LogP) is 2.73. The number of amides is 2. The van der Waals surface area contributed by atoms with Crippen LogP contribution in [0.3, 0.4) is 0 Å². The van der Waals surface area contributed by atoms with Gasteiger partial charge in [0.15, 0.2) is 6.61 Å². The molecule has 0 saturated heterocycles. The van der Waals surface area contributed by atoms with Crippen LogP contribution in [0, 0.1) is 11.7 Å². The summed E-state index contributed by atoms with van der Waals surface area (Å²) in [6, 6.07) is 12.4. The van der Waals surface area contributed by atoms with E-state index < -0.39 is 11.7 Å². The lowest BCUT2D eigenvalue weighted by Crippen LogP contribution is -2.38. The molecule has 8 heteroatoms. The van der Waals surface area contributed by atoms with Crippen LogP contribution in [0.25, 0.3) is 0 Å². The minimum Gasteiger partial charge on any atom is -0.483 e. The number of para-hydroxylation sites is 2. The molecule has 1 unspecified atom stereocenters. The van der Waals surface area contributed by atoms with Crippen LogP contribution in [0.2, 0.25) is 0 Å². The number of hydrogen-bond acceptors (Lipinski definition) is 4. The largest absolute Gasteiger partial charge is 0.483 e. The molecule has 1 saturated carbocycles. The summed E-state index contributed by atoms with van der Waals surface area (Å²) in [5.74, 6) is -0.600. The van der Waals surface area contributed by atoms with Gasteiger partial charge in [-0.05, 0) is 43.0 Å². The van der Waals surface area contributed by atoms with Gasteiger partial charge in [0.05, 0.1) is 11.3 Å². The van der Waals surface area contributed by atoms with Crippen molar-refractivity contribution in [2.24, 2.45) is 11.7 Å². The van der Waals surface area contributed by atoms with Gasteiger partial charge in [0.1, 0.15) is 11.6 Å². The minimum absolute atomic E-state index is 0. The highest BCUT2D eigenvalue weighted by atomic mass is 35.5. The summed E-state index contributed by atoms with van der Waals surface area (Å²) in [4.78, 5) is 24.4. The lowest BCUT2D eigenvalue weighted by atomic mass is 10.1. The maximum Gasteiger partial charge on any atom is 0.262 e. The van der Waals surface area contributed by atoms with Crippen LogP contribution >= 0.6 is 12.4 Å². The van der Waals surface area contributed by atoms with Crippen molar-refractivity contribution in [1.29, 1.82) is 0 Å². The number of ether oxygens (including phenoxy) is 1. The zero-order valence-electron chi connectivity index (χ0n) is 15.2. The fourth-order valence-electron chi connectivity index (χ4n) is 2.67. The van der Waals surface area contributed by atoms with E-state index >= 15 is 0 Å². The van der Waals surface area contributed by atoms with Gasteiger partial charge in [-0.3, -0.25) is 9.59 Å². The summed E-state index contributed by atoms with van der Waals surface area (Å²) < 4.78 is 19.0. The van der Waals surface area contributed by atoms with Crippen LogP contribution in [-0.4, -0.2) is 31.0 Å². The molecule has 0 bridgehead atoms. The quantitative estimate of drug-likeness (QED) is 0.627. The van der Waals surface area contributed by atoms with Gasteiger partial charge in [0.25, 0.3) is 11.8 Å². The van der Waals surface area contributed by atoms with Crippen molar-refractivity contribution in [1.82, 2.24) is 5.32 Å². The van der Waals surface area contributed by atoms with Crippen LogP contribution < -0.4 is 21.1 Å². The van der Waals surface area contributed by atoms with Gasteiger partial charge >= 0.3 is 0 Å². The first-order valence-electron chi connectivity index (χ1n) is 8.84. The van der Waals surface area contributed by atoms with Gasteiger partial charge in [0.2, 0.25) is 0 Å². The van der Waals surface area contributed by atoms with Crippen molar-refractivity contribution in [3.8, 4) is 5.75 Å². The zero-order chi connectivity index (χ0) is 19.2. The summed E-state index contributed by atoms with van der Waals surface area (Å²) in [6.07, 6.45) is 2.21. The number of rotatable bonds is 8. The Balaban J connectivity index is 0.00000280. The Labute approximate surface area is 169 Å². The number of halogens is 2. The summed E-state index contributed by atoms with van der Waals surface area (Å²) >= 11 is 0. The summed E-state index contributed by atoms with van der Waals surface area (Å²) in [5, 5.41) is 5.23. The SMILES string of the molecule is Cl.NC(CNC(=O)c1ccccc1OCC(=O)Nc1ccccc1F)C1CC1. The molecule has 3 rings (SSSR count). The van der Waals surface area contributed by atoms with Crippen molar-refractivity contribution < 1.29 is 18.7 Å². The minimum atomic E-state index is -0.530. The molecular formula is C20H23ClFN3O3. The van der Waals surface area contributed by atoms with Gasteiger partial charge in [-0.1, -0.05) is 24.3 Å². The van der Waals surface area contributed by atoms with E-state index in [4.69, 9.17) is 10.5 Å². The summed E-state index contributed by atoms with van der Waals surface area (Å²) in [5.41, 5.74) is 6.39. The van der Waals surface area contributed by atoms with Crippen LogP contribution in [0.15, 0.2) is 48.5 Å². The predicted molar refractivity (Wildman–Crippen MR) is 107 cm³/mol. The maximum absolute atomic E-state index is 13.6. The number of hydrogen-bond donors (Lipinski definition) is 3. The molecule has 28 heavy (non-hydrogen) atoms. The van der Waals surface area contributed by atoms with Gasteiger partial charge < -0.3 is 21.1 Å². The van der Waals surface area contributed by atoms with Crippen LogP contribution in [0.1, 0.15) is 23.2 Å². The molecule has 150 valence electrons. The molecule has 0 aliphatic heterocycles. The first kappa shape index (κ1) is 21.7. The van der Waals surface area contributed by atoms with Crippen LogP contribution in [-0.2, 0) is 4.79 Å². The maximum atomic E-state index is 13.6. The highest BCUT2D eigenvalue weighted by Gasteiger charge is 2.28. The van der Waals surface area contributed by atoms with E-state index in [9.17, 15) is 14.0 Å². The molecule has 0 heterocycles. The van der Waals surface area contributed by atoms with Gasteiger partial charge in [-0.15, -0.1) is 12.4 Å². The third-order valence-electron chi connectivity index (χ3n) is 4.36. The Bertz CT molecular complexity index is 830. The normalized spacial score (nSPS) is 13.8. The van der Waals surface area contributed by atoms with E-state index in [0.29, 0.717) is 18.0 Å². The highest BCUT2D eigenvalue weighted by Crippen LogP contribution is 2.31. The fraction of sp³-hybridized carbons (Fsp3) is 0.300. The average Bonchev–Trinajstić information content (AvgIpc) is 3.51. The Kier molecular flexibility index (Phi) is 7.78. The number of anilines is 1. The van der Waals surface area contributed by atoms with Crippen molar-refractivity contribution in [2.75, 3.05) is 18.5 Å². The number of nitrogens with two attached hydrogens (primary N) is 1. The van der Waals surface area contributed by atoms with E-state index in [1.807, 2.05) is 0 Å². The first-order chi connectivity index (χ1) is 13.0. The van der Waals surface area contributed by atoms with E-state index in [1.165, 1.54) is 18.2 Å².